The van der Waals surface area contributed by atoms with E-state index >= 15 is 0 Å². The highest BCUT2D eigenvalue weighted by Crippen LogP contribution is 2.37. The van der Waals surface area contributed by atoms with Crippen molar-refractivity contribution in [2.24, 2.45) is 5.92 Å². The van der Waals surface area contributed by atoms with Gasteiger partial charge in [-0.15, -0.1) is 0 Å². The molecule has 0 N–H and O–H groups in total. The number of nitrogens with zero attached hydrogens (tertiary/aromatic N) is 4. The first-order valence-corrected chi connectivity index (χ1v) is 17.2. The maximum absolute atomic E-state index is 13.5. The van der Waals surface area contributed by atoms with Gasteiger partial charge in [0.25, 0.3) is 11.5 Å². The average molecular weight is 599 g/mol. The van der Waals surface area contributed by atoms with Crippen molar-refractivity contribution in [3.8, 4) is 6.07 Å². The molecule has 0 aliphatic carbocycles. The molecule has 6 nitrogen and oxygen atoms in total. The van der Waals surface area contributed by atoms with E-state index in [9.17, 15) is 14.9 Å². The fraction of sp³-hybridized carbons (Fsp3) is 0.697. The lowest BCUT2D eigenvalue weighted by atomic mass is 9.98. The average Bonchev–Trinajstić information content (AvgIpc) is 3.22. The number of anilines is 1. The van der Waals surface area contributed by atoms with Crippen molar-refractivity contribution < 1.29 is 4.79 Å². The Morgan fingerprint density at radius 3 is 2.22 bits per heavy atom. The van der Waals surface area contributed by atoms with E-state index in [4.69, 9.17) is 12.2 Å². The highest BCUT2D eigenvalue weighted by atomic mass is 32.2. The number of amides is 1. The molecule has 1 aromatic rings. The lowest BCUT2D eigenvalue weighted by Crippen LogP contribution is -2.40. The van der Waals surface area contributed by atoms with E-state index in [2.05, 4.69) is 31.7 Å². The molecule has 1 aromatic heterocycles. The molecule has 0 aromatic carbocycles. The van der Waals surface area contributed by atoms with E-state index in [1.807, 2.05) is 13.0 Å². The van der Waals surface area contributed by atoms with Crippen molar-refractivity contribution in [3.05, 3.63) is 31.9 Å². The van der Waals surface area contributed by atoms with Crippen LogP contribution in [-0.4, -0.2) is 39.3 Å². The molecule has 0 radical (unpaired) electrons. The van der Waals surface area contributed by atoms with Gasteiger partial charge in [-0.3, -0.25) is 19.1 Å². The number of rotatable bonds is 16. The minimum atomic E-state index is -0.225. The van der Waals surface area contributed by atoms with Gasteiger partial charge in [0.05, 0.1) is 4.91 Å². The molecule has 1 unspecified atom stereocenters. The SMILES string of the molecule is CCCCCCCCCCCCN1C(=O)/C(=C/c2c(C)c(C#N)c(=O)n(CCCC)c2N2CCCC(C)C2)SC1=S. The van der Waals surface area contributed by atoms with Gasteiger partial charge in [0.2, 0.25) is 0 Å². The third-order valence-corrected chi connectivity index (χ3v) is 9.80. The summed E-state index contributed by atoms with van der Waals surface area (Å²) in [6, 6.07) is 2.17. The maximum Gasteiger partial charge on any atom is 0.270 e. The molecule has 1 atom stereocenters. The summed E-state index contributed by atoms with van der Waals surface area (Å²) in [5, 5.41) is 9.94. The van der Waals surface area contributed by atoms with Gasteiger partial charge in [0.1, 0.15) is 21.8 Å². The van der Waals surface area contributed by atoms with E-state index in [-0.39, 0.29) is 17.0 Å². The lowest BCUT2D eigenvalue weighted by Gasteiger charge is -2.36. The normalized spacial score (nSPS) is 18.5. The Morgan fingerprint density at radius 1 is 0.976 bits per heavy atom. The van der Waals surface area contributed by atoms with Crippen LogP contribution in [0.25, 0.3) is 6.08 Å². The summed E-state index contributed by atoms with van der Waals surface area (Å²) in [5.74, 6) is 1.31. The lowest BCUT2D eigenvalue weighted by molar-refractivity contribution is -0.122. The number of thioether (sulfide) groups is 1. The second kappa shape index (κ2) is 17.1. The number of carbonyl (C=O) groups excluding carboxylic acids is 1. The summed E-state index contributed by atoms with van der Waals surface area (Å²) < 4.78 is 2.39. The van der Waals surface area contributed by atoms with Gasteiger partial charge in [-0.1, -0.05) is 109 Å². The number of hydrogen-bond donors (Lipinski definition) is 0. The van der Waals surface area contributed by atoms with Crippen LogP contribution in [0.5, 0.6) is 0 Å². The first-order chi connectivity index (χ1) is 19.8. The van der Waals surface area contributed by atoms with Crippen molar-refractivity contribution in [2.75, 3.05) is 24.5 Å². The number of carbonyl (C=O) groups is 1. The number of piperidine rings is 1. The first kappa shape index (κ1) is 33.4. The van der Waals surface area contributed by atoms with E-state index in [1.54, 1.807) is 9.47 Å². The zero-order valence-corrected chi connectivity index (χ0v) is 27.4. The molecule has 8 heteroatoms. The van der Waals surface area contributed by atoms with E-state index in [0.717, 1.165) is 63.0 Å². The van der Waals surface area contributed by atoms with E-state index < -0.39 is 0 Å². The predicted octanol–water partition coefficient (Wildman–Crippen LogP) is 8.19. The van der Waals surface area contributed by atoms with E-state index in [0.29, 0.717) is 33.8 Å². The number of unbranched alkanes of at least 4 members (excludes halogenated alkanes) is 10. The maximum atomic E-state index is 13.5. The van der Waals surface area contributed by atoms with Gasteiger partial charge in [-0.25, -0.2) is 0 Å². The molecule has 41 heavy (non-hydrogen) atoms. The second-order valence-electron chi connectivity index (χ2n) is 11.9. The topological polar surface area (TPSA) is 69.3 Å². The molecular formula is C33H50N4O2S2. The van der Waals surface area contributed by atoms with Crippen LogP contribution in [-0.2, 0) is 11.3 Å². The Kier molecular flexibility index (Phi) is 13.9. The van der Waals surface area contributed by atoms with Gasteiger partial charge in [-0.2, -0.15) is 5.26 Å². The molecule has 1 amide bonds. The van der Waals surface area contributed by atoms with Crippen molar-refractivity contribution in [2.45, 2.75) is 124 Å². The summed E-state index contributed by atoms with van der Waals surface area (Å²) in [6.07, 6.45) is 18.4. The fourth-order valence-electron chi connectivity index (χ4n) is 5.97. The molecule has 3 heterocycles. The van der Waals surface area contributed by atoms with Crippen LogP contribution < -0.4 is 10.5 Å². The van der Waals surface area contributed by atoms with Crippen LogP contribution in [0.15, 0.2) is 9.70 Å². The summed E-state index contributed by atoms with van der Waals surface area (Å²) in [4.78, 5) is 31.7. The van der Waals surface area contributed by atoms with Crippen LogP contribution in [0.2, 0.25) is 0 Å². The van der Waals surface area contributed by atoms with Gasteiger partial charge < -0.3 is 4.90 Å². The standard InChI is InChI=1S/C33H50N4O2S2/c1-5-7-9-10-11-12-13-14-15-16-21-37-32(39)29(41-33(37)40)22-27-26(4)28(23-34)31(38)36(20-8-6-2)30(27)35-19-17-18-25(3)24-35/h22,25H,5-21,24H2,1-4H3/b29-22-. The molecule has 3 rings (SSSR count). The number of nitriles is 1. The fourth-order valence-corrected chi connectivity index (χ4v) is 7.26. The Bertz CT molecular complexity index is 1180. The highest BCUT2D eigenvalue weighted by Gasteiger charge is 2.33. The van der Waals surface area contributed by atoms with Crippen molar-refractivity contribution in [1.82, 2.24) is 9.47 Å². The Hall–Kier alpha value is -2.11. The molecule has 2 aliphatic heterocycles. The Balaban J connectivity index is 1.78. The molecule has 0 saturated carbocycles. The second-order valence-corrected chi connectivity index (χ2v) is 13.5. The van der Waals surface area contributed by atoms with Crippen LogP contribution in [0.3, 0.4) is 0 Å². The zero-order chi connectivity index (χ0) is 29.8. The minimum Gasteiger partial charge on any atom is -0.357 e. The first-order valence-electron chi connectivity index (χ1n) is 16.0. The minimum absolute atomic E-state index is 0.0573. The number of aromatic nitrogens is 1. The number of pyridine rings is 1. The summed E-state index contributed by atoms with van der Waals surface area (Å²) in [7, 11) is 0. The van der Waals surface area contributed by atoms with Crippen molar-refractivity contribution in [3.63, 3.8) is 0 Å². The summed E-state index contributed by atoms with van der Waals surface area (Å²) in [6.45, 7) is 11.4. The predicted molar refractivity (Wildman–Crippen MR) is 177 cm³/mol. The quantitative estimate of drug-likeness (QED) is 0.109. The molecule has 2 aliphatic rings. The molecule has 226 valence electrons. The third kappa shape index (κ3) is 8.94. The monoisotopic (exact) mass is 598 g/mol. The van der Waals surface area contributed by atoms with Crippen LogP contribution >= 0.6 is 24.0 Å². The zero-order valence-electron chi connectivity index (χ0n) is 25.8. The van der Waals surface area contributed by atoms with E-state index in [1.165, 1.54) is 63.1 Å². The van der Waals surface area contributed by atoms with Crippen LogP contribution in [0.4, 0.5) is 5.82 Å². The van der Waals surface area contributed by atoms with Gasteiger partial charge in [0.15, 0.2) is 0 Å². The Labute approximate surface area is 257 Å². The Morgan fingerprint density at radius 2 is 1.61 bits per heavy atom. The van der Waals surface area contributed by atoms with Crippen molar-refractivity contribution >= 4 is 46.1 Å². The molecule has 0 bridgehead atoms. The van der Waals surface area contributed by atoms with Gasteiger partial charge in [0, 0.05) is 31.7 Å². The van der Waals surface area contributed by atoms with Gasteiger partial charge in [-0.05, 0) is 50.2 Å². The van der Waals surface area contributed by atoms with Crippen LogP contribution in [0, 0.1) is 24.2 Å². The third-order valence-electron chi connectivity index (χ3n) is 8.42. The largest absolute Gasteiger partial charge is 0.357 e. The molecule has 2 fully saturated rings. The molecule has 0 spiro atoms. The summed E-state index contributed by atoms with van der Waals surface area (Å²) >= 11 is 6.99. The number of thiocarbonyl (C=S) groups is 1. The highest BCUT2D eigenvalue weighted by molar-refractivity contribution is 8.26. The molecular weight excluding hydrogens is 549 g/mol. The smallest absolute Gasteiger partial charge is 0.270 e. The van der Waals surface area contributed by atoms with Crippen molar-refractivity contribution in [1.29, 1.82) is 5.26 Å². The van der Waals surface area contributed by atoms with Gasteiger partial charge >= 0.3 is 0 Å². The summed E-state index contributed by atoms with van der Waals surface area (Å²) in [5.41, 5.74) is 1.41. The number of hydrogen-bond acceptors (Lipinski definition) is 6. The van der Waals surface area contributed by atoms with Crippen LogP contribution in [0.1, 0.15) is 127 Å². The molecule has 2 saturated heterocycles.